The average Bonchev–Trinajstić information content (AvgIpc) is 3.35. The Morgan fingerprint density at radius 1 is 1.03 bits per heavy atom. The third kappa shape index (κ3) is 4.84. The van der Waals surface area contributed by atoms with Gasteiger partial charge in [-0.2, -0.15) is 9.61 Å². The summed E-state index contributed by atoms with van der Waals surface area (Å²) in [7, 11) is 3.31. The van der Waals surface area contributed by atoms with Crippen molar-refractivity contribution < 1.29 is 14.3 Å². The molecule has 0 saturated carbocycles. The van der Waals surface area contributed by atoms with Crippen molar-refractivity contribution in [1.82, 2.24) is 19.9 Å². The number of hydrogen-bond donors (Lipinski definition) is 1. The molecule has 4 aromatic rings. The van der Waals surface area contributed by atoms with Gasteiger partial charge in [-0.3, -0.25) is 4.79 Å². The monoisotopic (exact) mass is 485 g/mol. The van der Waals surface area contributed by atoms with E-state index in [0.29, 0.717) is 6.54 Å². The second kappa shape index (κ2) is 10.3. The van der Waals surface area contributed by atoms with Crippen LogP contribution in [0, 0.1) is 12.8 Å². The van der Waals surface area contributed by atoms with Crippen LogP contribution in [0.3, 0.4) is 0 Å². The summed E-state index contributed by atoms with van der Waals surface area (Å²) >= 11 is 0. The van der Waals surface area contributed by atoms with Gasteiger partial charge in [0.05, 0.1) is 19.9 Å². The number of para-hydroxylation sites is 1. The van der Waals surface area contributed by atoms with Gasteiger partial charge in [0, 0.05) is 54.5 Å². The summed E-state index contributed by atoms with van der Waals surface area (Å²) in [5, 5.41) is 7.96. The minimum Gasteiger partial charge on any atom is -0.497 e. The molecule has 2 aromatic heterocycles. The maximum atomic E-state index is 12.9. The Hall–Kier alpha value is -4.07. The number of ether oxygens (including phenoxy) is 2. The lowest BCUT2D eigenvalue weighted by atomic mass is 9.95. The number of rotatable bonds is 7. The molecule has 8 nitrogen and oxygen atoms in total. The fourth-order valence-corrected chi connectivity index (χ4v) is 4.75. The van der Waals surface area contributed by atoms with Crippen molar-refractivity contribution in [2.24, 2.45) is 5.92 Å². The molecule has 1 fully saturated rings. The Kier molecular flexibility index (Phi) is 6.75. The highest BCUT2D eigenvalue weighted by Crippen LogP contribution is 2.28. The van der Waals surface area contributed by atoms with Crippen molar-refractivity contribution in [3.63, 3.8) is 0 Å². The fraction of sp³-hybridized carbons (Fsp3) is 0.321. The molecule has 0 spiro atoms. The van der Waals surface area contributed by atoms with Gasteiger partial charge in [0.2, 0.25) is 5.91 Å². The molecule has 3 heterocycles. The lowest BCUT2D eigenvalue weighted by molar-refractivity contribution is -0.125. The lowest BCUT2D eigenvalue weighted by Crippen LogP contribution is -2.41. The second-order valence-corrected chi connectivity index (χ2v) is 9.07. The third-order valence-electron chi connectivity index (χ3n) is 6.76. The first-order chi connectivity index (χ1) is 17.6. The first kappa shape index (κ1) is 23.7. The van der Waals surface area contributed by atoms with Crippen LogP contribution in [0.1, 0.15) is 24.1 Å². The van der Waals surface area contributed by atoms with Crippen LogP contribution in [0.2, 0.25) is 0 Å². The maximum Gasteiger partial charge on any atom is 0.223 e. The summed E-state index contributed by atoms with van der Waals surface area (Å²) in [5.74, 6) is 2.69. The molecule has 1 saturated heterocycles. The predicted molar refractivity (Wildman–Crippen MR) is 139 cm³/mol. The van der Waals surface area contributed by atoms with Gasteiger partial charge in [-0.25, -0.2) is 4.98 Å². The zero-order chi connectivity index (χ0) is 25.1. The van der Waals surface area contributed by atoms with Crippen molar-refractivity contribution in [3.8, 4) is 22.8 Å². The van der Waals surface area contributed by atoms with Gasteiger partial charge in [-0.1, -0.05) is 18.2 Å². The van der Waals surface area contributed by atoms with Crippen LogP contribution in [-0.4, -0.2) is 47.8 Å². The smallest absolute Gasteiger partial charge is 0.223 e. The molecule has 0 atom stereocenters. The van der Waals surface area contributed by atoms with E-state index in [1.54, 1.807) is 14.2 Å². The molecule has 1 aliphatic heterocycles. The molecule has 186 valence electrons. The summed E-state index contributed by atoms with van der Waals surface area (Å²) in [4.78, 5) is 19.9. The zero-order valence-electron chi connectivity index (χ0n) is 20.9. The first-order valence-electron chi connectivity index (χ1n) is 12.2. The van der Waals surface area contributed by atoms with E-state index in [9.17, 15) is 4.79 Å². The van der Waals surface area contributed by atoms with Crippen LogP contribution in [0.5, 0.6) is 11.5 Å². The molecule has 0 bridgehead atoms. The fourth-order valence-electron chi connectivity index (χ4n) is 4.75. The first-order valence-corrected chi connectivity index (χ1v) is 12.2. The number of amides is 1. The molecular formula is C28H31N5O3. The lowest BCUT2D eigenvalue weighted by Gasteiger charge is -2.33. The highest BCUT2D eigenvalue weighted by atomic mass is 16.5. The van der Waals surface area contributed by atoms with Crippen molar-refractivity contribution in [2.75, 3.05) is 32.2 Å². The van der Waals surface area contributed by atoms with Gasteiger partial charge in [-0.15, -0.1) is 0 Å². The number of aryl methyl sites for hydroxylation is 1. The SMILES string of the molecule is COc1ccc(-c2cc3nc(C)cc(N4CCC(C(=O)NCc5ccccc5OC)CC4)n3n2)cc1. The second-order valence-electron chi connectivity index (χ2n) is 9.07. The molecule has 8 heteroatoms. The van der Waals surface area contributed by atoms with E-state index in [1.165, 1.54) is 0 Å². The number of carbonyl (C=O) groups is 1. The molecule has 0 radical (unpaired) electrons. The Labute approximate surface area is 210 Å². The summed E-state index contributed by atoms with van der Waals surface area (Å²) in [5.41, 5.74) is 4.60. The predicted octanol–water partition coefficient (Wildman–Crippen LogP) is 4.25. The van der Waals surface area contributed by atoms with E-state index in [2.05, 4.69) is 16.3 Å². The highest BCUT2D eigenvalue weighted by molar-refractivity contribution is 5.79. The van der Waals surface area contributed by atoms with Crippen molar-refractivity contribution in [1.29, 1.82) is 0 Å². The maximum absolute atomic E-state index is 12.9. The number of methoxy groups -OCH3 is 2. The van der Waals surface area contributed by atoms with Crippen LogP contribution in [0.15, 0.2) is 60.7 Å². The number of nitrogens with zero attached hydrogens (tertiary/aromatic N) is 4. The number of piperidine rings is 1. The zero-order valence-corrected chi connectivity index (χ0v) is 20.9. The Bertz CT molecular complexity index is 1360. The summed E-state index contributed by atoms with van der Waals surface area (Å²) < 4.78 is 12.6. The average molecular weight is 486 g/mol. The minimum atomic E-state index is -0.0122. The van der Waals surface area contributed by atoms with Gasteiger partial charge in [-0.05, 0) is 50.1 Å². The van der Waals surface area contributed by atoms with Crippen LogP contribution in [0.25, 0.3) is 16.9 Å². The van der Waals surface area contributed by atoms with E-state index in [-0.39, 0.29) is 11.8 Å². The molecule has 0 aliphatic carbocycles. The molecule has 5 rings (SSSR count). The number of fused-ring (bicyclic) bond motifs is 1. The van der Waals surface area contributed by atoms with Gasteiger partial charge < -0.3 is 19.7 Å². The molecular weight excluding hydrogens is 454 g/mol. The van der Waals surface area contributed by atoms with E-state index >= 15 is 0 Å². The Morgan fingerprint density at radius 2 is 1.78 bits per heavy atom. The summed E-state index contributed by atoms with van der Waals surface area (Å²) in [6.07, 6.45) is 1.57. The van der Waals surface area contributed by atoms with E-state index in [1.807, 2.05) is 66.0 Å². The van der Waals surface area contributed by atoms with Crippen molar-refractivity contribution in [3.05, 3.63) is 71.9 Å². The number of aromatic nitrogens is 3. The van der Waals surface area contributed by atoms with Crippen LogP contribution in [-0.2, 0) is 11.3 Å². The number of anilines is 1. The summed E-state index contributed by atoms with van der Waals surface area (Å²) in [6, 6.07) is 19.7. The number of hydrogen-bond acceptors (Lipinski definition) is 6. The summed E-state index contributed by atoms with van der Waals surface area (Å²) in [6.45, 7) is 4.03. The van der Waals surface area contributed by atoms with Crippen LogP contribution < -0.4 is 19.7 Å². The van der Waals surface area contributed by atoms with Gasteiger partial charge >= 0.3 is 0 Å². The van der Waals surface area contributed by atoms with Gasteiger partial charge in [0.25, 0.3) is 0 Å². The molecule has 0 unspecified atom stereocenters. The molecule has 1 N–H and O–H groups in total. The number of nitrogens with one attached hydrogen (secondary N) is 1. The molecule has 1 aliphatic rings. The quantitative estimate of drug-likeness (QED) is 0.421. The van der Waals surface area contributed by atoms with Gasteiger partial charge in [0.1, 0.15) is 17.3 Å². The normalized spacial score (nSPS) is 14.1. The third-order valence-corrected chi connectivity index (χ3v) is 6.76. The van der Waals surface area contributed by atoms with Crippen LogP contribution in [0.4, 0.5) is 5.82 Å². The number of carbonyl (C=O) groups excluding carboxylic acids is 1. The van der Waals surface area contributed by atoms with Gasteiger partial charge in [0.15, 0.2) is 5.65 Å². The Balaban J connectivity index is 1.28. The largest absolute Gasteiger partial charge is 0.497 e. The van der Waals surface area contributed by atoms with E-state index in [4.69, 9.17) is 19.6 Å². The van der Waals surface area contributed by atoms with Crippen LogP contribution >= 0.6 is 0 Å². The standard InChI is InChI=1S/C28H31N5O3/c1-19-16-27(33-26(30-19)17-24(31-33)20-8-10-23(35-2)11-9-20)32-14-12-21(13-15-32)28(34)29-18-22-6-4-5-7-25(22)36-3/h4-11,16-17,21H,12-15,18H2,1-3H3,(H,29,34). The van der Waals surface area contributed by atoms with Crippen molar-refractivity contribution >= 4 is 17.4 Å². The Morgan fingerprint density at radius 3 is 2.50 bits per heavy atom. The topological polar surface area (TPSA) is 81.0 Å². The highest BCUT2D eigenvalue weighted by Gasteiger charge is 2.27. The number of benzene rings is 2. The molecule has 1 amide bonds. The van der Waals surface area contributed by atoms with Crippen molar-refractivity contribution in [2.45, 2.75) is 26.3 Å². The molecule has 36 heavy (non-hydrogen) atoms. The molecule has 2 aromatic carbocycles. The minimum absolute atomic E-state index is 0.0122. The van der Waals surface area contributed by atoms with E-state index < -0.39 is 0 Å². The van der Waals surface area contributed by atoms with E-state index in [0.717, 1.165) is 71.4 Å².